The fourth-order valence-electron chi connectivity index (χ4n) is 3.12. The van der Waals surface area contributed by atoms with Crippen LogP contribution in [0.5, 0.6) is 0 Å². The Hall–Kier alpha value is -2.96. The van der Waals surface area contributed by atoms with Gasteiger partial charge in [0.15, 0.2) is 0 Å². The predicted molar refractivity (Wildman–Crippen MR) is 88.2 cm³/mol. The monoisotopic (exact) mass is 338 g/mol. The first-order valence-corrected chi connectivity index (χ1v) is 8.38. The molecule has 7 nitrogen and oxygen atoms in total. The van der Waals surface area contributed by atoms with E-state index in [1.165, 1.54) is 0 Å². The number of rotatable bonds is 5. The maximum Gasteiger partial charge on any atom is 0.249 e. The normalized spacial score (nSPS) is 17.1. The van der Waals surface area contributed by atoms with Crippen LogP contribution in [0.4, 0.5) is 0 Å². The Morgan fingerprint density at radius 2 is 2.24 bits per heavy atom. The van der Waals surface area contributed by atoms with Gasteiger partial charge in [-0.2, -0.15) is 4.98 Å². The van der Waals surface area contributed by atoms with Gasteiger partial charge in [0.1, 0.15) is 17.5 Å². The number of likely N-dealkylation sites (tertiary alicyclic amines) is 1. The molecule has 1 aliphatic rings. The second-order valence-corrected chi connectivity index (χ2v) is 6.00. The zero-order valence-corrected chi connectivity index (χ0v) is 13.7. The van der Waals surface area contributed by atoms with Crippen LogP contribution in [-0.4, -0.2) is 32.5 Å². The summed E-state index contributed by atoms with van der Waals surface area (Å²) in [6, 6.07) is 9.09. The van der Waals surface area contributed by atoms with Crippen LogP contribution < -0.4 is 0 Å². The highest BCUT2D eigenvalue weighted by atomic mass is 16.5. The van der Waals surface area contributed by atoms with Crippen molar-refractivity contribution in [3.63, 3.8) is 0 Å². The summed E-state index contributed by atoms with van der Waals surface area (Å²) < 4.78 is 10.7. The number of aryl methyl sites for hydroxylation is 1. The van der Waals surface area contributed by atoms with Crippen molar-refractivity contribution in [2.75, 3.05) is 6.54 Å². The number of aromatic nitrogens is 3. The molecule has 0 bridgehead atoms. The van der Waals surface area contributed by atoms with Gasteiger partial charge in [-0.15, -0.1) is 0 Å². The first-order valence-electron chi connectivity index (χ1n) is 8.38. The van der Waals surface area contributed by atoms with Gasteiger partial charge in [-0.05, 0) is 37.1 Å². The molecule has 0 aromatic carbocycles. The topological polar surface area (TPSA) is 85.3 Å². The molecule has 1 saturated heterocycles. The Balaban J connectivity index is 1.46. The van der Waals surface area contributed by atoms with Crippen LogP contribution in [0.3, 0.4) is 0 Å². The Morgan fingerprint density at radius 3 is 3.04 bits per heavy atom. The highest BCUT2D eigenvalue weighted by Crippen LogP contribution is 2.32. The van der Waals surface area contributed by atoms with Gasteiger partial charge in [-0.25, -0.2) is 0 Å². The van der Waals surface area contributed by atoms with Crippen molar-refractivity contribution in [3.05, 3.63) is 54.4 Å². The summed E-state index contributed by atoms with van der Waals surface area (Å²) in [7, 11) is 0. The van der Waals surface area contributed by atoms with E-state index in [4.69, 9.17) is 8.94 Å². The van der Waals surface area contributed by atoms with Crippen LogP contribution >= 0.6 is 0 Å². The Kier molecular flexibility index (Phi) is 4.28. The van der Waals surface area contributed by atoms with E-state index in [0.29, 0.717) is 36.8 Å². The smallest absolute Gasteiger partial charge is 0.249 e. The highest BCUT2D eigenvalue weighted by Gasteiger charge is 2.34. The van der Waals surface area contributed by atoms with Crippen LogP contribution in [0.1, 0.15) is 37.0 Å². The van der Waals surface area contributed by atoms with Gasteiger partial charge < -0.3 is 13.8 Å². The van der Waals surface area contributed by atoms with E-state index in [-0.39, 0.29) is 11.9 Å². The minimum absolute atomic E-state index is 0.0801. The summed E-state index contributed by atoms with van der Waals surface area (Å²) in [6.07, 6.45) is 6.07. The lowest BCUT2D eigenvalue weighted by atomic mass is 10.2. The summed E-state index contributed by atoms with van der Waals surface area (Å²) in [5.74, 6) is 1.82. The average molecular weight is 338 g/mol. The maximum atomic E-state index is 12.6. The van der Waals surface area contributed by atoms with Crippen LogP contribution in [0.25, 0.3) is 11.5 Å². The predicted octanol–water partition coefficient (Wildman–Crippen LogP) is 3.02. The molecule has 3 aromatic heterocycles. The number of hydrogen-bond acceptors (Lipinski definition) is 6. The quantitative estimate of drug-likeness (QED) is 0.711. The highest BCUT2D eigenvalue weighted by molar-refractivity contribution is 5.77. The Bertz CT molecular complexity index is 829. The molecular formula is C18H18N4O3. The lowest BCUT2D eigenvalue weighted by molar-refractivity contribution is -0.132. The number of carbonyl (C=O) groups is 1. The van der Waals surface area contributed by atoms with Crippen molar-refractivity contribution in [1.29, 1.82) is 0 Å². The first-order chi connectivity index (χ1) is 12.3. The number of amides is 1. The second kappa shape index (κ2) is 6.88. The zero-order valence-electron chi connectivity index (χ0n) is 13.7. The van der Waals surface area contributed by atoms with Gasteiger partial charge in [-0.1, -0.05) is 11.2 Å². The standard InChI is InChI=1S/C18H18N4O3/c23-16(9-8-13-5-4-12-24-13)22-11-3-7-15(22)18-20-17(21-25-18)14-6-1-2-10-19-14/h1-2,4-6,10,12,15H,3,7-9,11H2/t15-/m0/s1. The van der Waals surface area contributed by atoms with E-state index >= 15 is 0 Å². The van der Waals surface area contributed by atoms with Crippen LogP contribution in [0.15, 0.2) is 51.7 Å². The summed E-state index contributed by atoms with van der Waals surface area (Å²) in [5, 5.41) is 4.01. The number of pyridine rings is 1. The molecule has 7 heteroatoms. The molecule has 25 heavy (non-hydrogen) atoms. The van der Waals surface area contributed by atoms with E-state index in [0.717, 1.165) is 18.6 Å². The van der Waals surface area contributed by atoms with E-state index in [9.17, 15) is 4.79 Å². The molecule has 4 rings (SSSR count). The van der Waals surface area contributed by atoms with Crippen molar-refractivity contribution >= 4 is 5.91 Å². The van der Waals surface area contributed by atoms with Gasteiger partial charge in [0.05, 0.1) is 6.26 Å². The van der Waals surface area contributed by atoms with Crippen molar-refractivity contribution in [3.8, 4) is 11.5 Å². The SMILES string of the molecule is O=C(CCc1ccco1)N1CCC[C@H]1c1nc(-c2ccccn2)no1. The third kappa shape index (κ3) is 3.31. The minimum atomic E-state index is -0.158. The van der Waals surface area contributed by atoms with Crippen molar-refractivity contribution in [2.45, 2.75) is 31.7 Å². The molecule has 1 atom stereocenters. The Labute approximate surface area is 144 Å². The van der Waals surface area contributed by atoms with Crippen molar-refractivity contribution in [2.24, 2.45) is 0 Å². The molecule has 1 aliphatic heterocycles. The first kappa shape index (κ1) is 15.6. The van der Waals surface area contributed by atoms with Gasteiger partial charge in [-0.3, -0.25) is 9.78 Å². The fraction of sp³-hybridized carbons (Fsp3) is 0.333. The molecule has 1 fully saturated rings. The van der Waals surface area contributed by atoms with Gasteiger partial charge >= 0.3 is 0 Å². The molecule has 4 heterocycles. The van der Waals surface area contributed by atoms with E-state index in [1.54, 1.807) is 12.5 Å². The van der Waals surface area contributed by atoms with Crippen LogP contribution in [-0.2, 0) is 11.2 Å². The van der Waals surface area contributed by atoms with Gasteiger partial charge in [0.2, 0.25) is 17.6 Å². The molecular weight excluding hydrogens is 320 g/mol. The Morgan fingerprint density at radius 1 is 1.28 bits per heavy atom. The van der Waals surface area contributed by atoms with Crippen molar-refractivity contribution in [1.82, 2.24) is 20.0 Å². The lowest BCUT2D eigenvalue weighted by Gasteiger charge is -2.21. The fourth-order valence-corrected chi connectivity index (χ4v) is 3.12. The number of furan rings is 1. The summed E-state index contributed by atoms with van der Waals surface area (Å²) >= 11 is 0. The second-order valence-electron chi connectivity index (χ2n) is 6.00. The molecule has 128 valence electrons. The molecule has 0 aliphatic carbocycles. The molecule has 0 N–H and O–H groups in total. The van der Waals surface area contributed by atoms with Crippen LogP contribution in [0.2, 0.25) is 0 Å². The van der Waals surface area contributed by atoms with Gasteiger partial charge in [0.25, 0.3) is 0 Å². The third-order valence-electron chi connectivity index (χ3n) is 4.36. The van der Waals surface area contributed by atoms with E-state index < -0.39 is 0 Å². The summed E-state index contributed by atoms with van der Waals surface area (Å²) in [5.41, 5.74) is 0.659. The zero-order chi connectivity index (χ0) is 17.1. The number of nitrogens with zero attached hydrogens (tertiary/aromatic N) is 4. The molecule has 0 unspecified atom stereocenters. The number of hydrogen-bond donors (Lipinski definition) is 0. The molecule has 0 saturated carbocycles. The van der Waals surface area contributed by atoms with Gasteiger partial charge in [0, 0.05) is 25.6 Å². The van der Waals surface area contributed by atoms with Crippen LogP contribution in [0, 0.1) is 0 Å². The third-order valence-corrected chi connectivity index (χ3v) is 4.36. The minimum Gasteiger partial charge on any atom is -0.469 e. The molecule has 0 radical (unpaired) electrons. The summed E-state index contributed by atoms with van der Waals surface area (Å²) in [6.45, 7) is 0.711. The largest absolute Gasteiger partial charge is 0.469 e. The number of carbonyl (C=O) groups excluding carboxylic acids is 1. The maximum absolute atomic E-state index is 12.6. The molecule has 0 spiro atoms. The van der Waals surface area contributed by atoms with Crippen molar-refractivity contribution < 1.29 is 13.7 Å². The lowest BCUT2D eigenvalue weighted by Crippen LogP contribution is -2.30. The molecule has 1 amide bonds. The summed E-state index contributed by atoms with van der Waals surface area (Å²) in [4.78, 5) is 23.1. The molecule has 3 aromatic rings. The van der Waals surface area contributed by atoms with E-state index in [1.807, 2.05) is 35.2 Å². The average Bonchev–Trinajstić information content (AvgIpc) is 3.41. The van der Waals surface area contributed by atoms with E-state index in [2.05, 4.69) is 15.1 Å².